The summed E-state index contributed by atoms with van der Waals surface area (Å²) in [5.41, 5.74) is 2.96. The normalized spacial score (nSPS) is 16.9. The molecule has 1 aliphatic rings. The summed E-state index contributed by atoms with van der Waals surface area (Å²) in [6, 6.07) is 15.7. The molecule has 0 heterocycles. The van der Waals surface area contributed by atoms with Gasteiger partial charge < -0.3 is 14.7 Å². The standard InChI is InChI=1S/C23H29NO3/c1-23(2,3)27-22(26)24(16-17-8-5-4-6-9-17)20-11-7-10-18-15-21(25)13-12-19(18)14-20/h4-6,8-9,12-13,15,20,25H,7,10-11,14,16H2,1-3H3. The van der Waals surface area contributed by atoms with E-state index >= 15 is 0 Å². The summed E-state index contributed by atoms with van der Waals surface area (Å²) in [6.07, 6.45) is 3.34. The molecule has 0 fully saturated rings. The quantitative estimate of drug-likeness (QED) is 0.770. The molecule has 0 aliphatic heterocycles. The molecule has 0 radical (unpaired) electrons. The highest BCUT2D eigenvalue weighted by Crippen LogP contribution is 2.28. The molecule has 4 heteroatoms. The number of carbonyl (C=O) groups excluding carboxylic acids is 1. The molecular formula is C23H29NO3. The van der Waals surface area contributed by atoms with Crippen LogP contribution >= 0.6 is 0 Å². The molecule has 1 atom stereocenters. The zero-order chi connectivity index (χ0) is 19.4. The highest BCUT2D eigenvalue weighted by molar-refractivity contribution is 5.68. The Morgan fingerprint density at radius 1 is 1.15 bits per heavy atom. The van der Waals surface area contributed by atoms with E-state index in [4.69, 9.17) is 4.74 Å². The first-order valence-electron chi connectivity index (χ1n) is 9.66. The fraction of sp³-hybridized carbons (Fsp3) is 0.435. The van der Waals surface area contributed by atoms with Gasteiger partial charge in [0.05, 0.1) is 0 Å². The van der Waals surface area contributed by atoms with Crippen molar-refractivity contribution in [2.24, 2.45) is 0 Å². The van der Waals surface area contributed by atoms with Gasteiger partial charge in [0.25, 0.3) is 0 Å². The number of aromatic hydroxyl groups is 1. The Balaban J connectivity index is 1.86. The Bertz CT molecular complexity index is 780. The lowest BCUT2D eigenvalue weighted by Crippen LogP contribution is -2.43. The summed E-state index contributed by atoms with van der Waals surface area (Å²) in [4.78, 5) is 14.9. The van der Waals surface area contributed by atoms with Crippen molar-refractivity contribution in [3.63, 3.8) is 0 Å². The first-order valence-corrected chi connectivity index (χ1v) is 9.66. The second-order valence-corrected chi connectivity index (χ2v) is 8.30. The van der Waals surface area contributed by atoms with Gasteiger partial charge in [0, 0.05) is 12.6 Å². The van der Waals surface area contributed by atoms with Gasteiger partial charge >= 0.3 is 6.09 Å². The van der Waals surface area contributed by atoms with E-state index in [2.05, 4.69) is 0 Å². The summed E-state index contributed by atoms with van der Waals surface area (Å²) in [6.45, 7) is 6.23. The Morgan fingerprint density at radius 2 is 1.89 bits per heavy atom. The van der Waals surface area contributed by atoms with Gasteiger partial charge in [-0.25, -0.2) is 4.79 Å². The number of hydrogen-bond acceptors (Lipinski definition) is 3. The average molecular weight is 367 g/mol. The van der Waals surface area contributed by atoms with E-state index in [1.54, 1.807) is 6.07 Å². The van der Waals surface area contributed by atoms with Crippen LogP contribution in [0.1, 0.15) is 50.3 Å². The van der Waals surface area contributed by atoms with Crippen molar-refractivity contribution in [1.29, 1.82) is 0 Å². The van der Waals surface area contributed by atoms with Gasteiger partial charge in [0.1, 0.15) is 11.4 Å². The molecule has 144 valence electrons. The smallest absolute Gasteiger partial charge is 0.410 e. The number of ether oxygens (including phenoxy) is 1. The Morgan fingerprint density at radius 3 is 2.59 bits per heavy atom. The lowest BCUT2D eigenvalue weighted by molar-refractivity contribution is 0.0130. The molecule has 1 amide bonds. The van der Waals surface area contributed by atoms with Crippen molar-refractivity contribution in [1.82, 2.24) is 4.90 Å². The molecule has 2 aromatic rings. The van der Waals surface area contributed by atoms with E-state index in [-0.39, 0.29) is 12.1 Å². The lowest BCUT2D eigenvalue weighted by Gasteiger charge is -2.33. The van der Waals surface area contributed by atoms with Crippen molar-refractivity contribution in [2.75, 3.05) is 0 Å². The second kappa shape index (κ2) is 8.03. The number of rotatable bonds is 3. The fourth-order valence-corrected chi connectivity index (χ4v) is 3.64. The van der Waals surface area contributed by atoms with Crippen molar-refractivity contribution >= 4 is 6.09 Å². The maximum Gasteiger partial charge on any atom is 0.410 e. The topological polar surface area (TPSA) is 49.8 Å². The SMILES string of the molecule is CC(C)(C)OC(=O)N(Cc1ccccc1)C1CCCc2cc(O)ccc2C1. The van der Waals surface area contributed by atoms with E-state index in [9.17, 15) is 9.90 Å². The van der Waals surface area contributed by atoms with Gasteiger partial charge in [0.2, 0.25) is 0 Å². The van der Waals surface area contributed by atoms with Crippen LogP contribution in [0.2, 0.25) is 0 Å². The van der Waals surface area contributed by atoms with Crippen LogP contribution in [0, 0.1) is 0 Å². The predicted octanol–water partition coefficient (Wildman–Crippen LogP) is 5.08. The van der Waals surface area contributed by atoms with E-state index in [0.717, 1.165) is 31.2 Å². The van der Waals surface area contributed by atoms with Crippen LogP contribution in [-0.2, 0) is 24.1 Å². The van der Waals surface area contributed by atoms with Gasteiger partial charge in [-0.1, -0.05) is 36.4 Å². The van der Waals surface area contributed by atoms with E-state index in [1.165, 1.54) is 11.1 Å². The predicted molar refractivity (Wildman–Crippen MR) is 107 cm³/mol. The second-order valence-electron chi connectivity index (χ2n) is 8.30. The maximum absolute atomic E-state index is 13.0. The molecule has 0 saturated heterocycles. The Labute approximate surface area is 161 Å². The number of nitrogens with zero attached hydrogens (tertiary/aromatic N) is 1. The minimum atomic E-state index is -0.527. The number of aryl methyl sites for hydroxylation is 1. The summed E-state index contributed by atoms with van der Waals surface area (Å²) < 4.78 is 5.72. The van der Waals surface area contributed by atoms with Gasteiger partial charge in [-0.2, -0.15) is 0 Å². The summed E-state index contributed by atoms with van der Waals surface area (Å²) in [5, 5.41) is 9.78. The molecule has 1 unspecified atom stereocenters. The number of benzene rings is 2. The molecule has 0 saturated carbocycles. The van der Waals surface area contributed by atoms with Crippen LogP contribution in [0.3, 0.4) is 0 Å². The first-order chi connectivity index (χ1) is 12.8. The molecule has 3 rings (SSSR count). The van der Waals surface area contributed by atoms with Gasteiger partial charge in [-0.15, -0.1) is 0 Å². The average Bonchev–Trinajstić information content (AvgIpc) is 2.80. The fourth-order valence-electron chi connectivity index (χ4n) is 3.64. The molecule has 27 heavy (non-hydrogen) atoms. The number of amides is 1. The largest absolute Gasteiger partial charge is 0.508 e. The minimum absolute atomic E-state index is 0.0749. The zero-order valence-electron chi connectivity index (χ0n) is 16.4. The van der Waals surface area contributed by atoms with Crippen LogP contribution in [0.5, 0.6) is 5.75 Å². The number of fused-ring (bicyclic) bond motifs is 1. The first kappa shape index (κ1) is 19.3. The number of carbonyl (C=O) groups is 1. The Kier molecular flexibility index (Phi) is 5.73. The van der Waals surface area contributed by atoms with Crippen LogP contribution in [-0.4, -0.2) is 27.7 Å². The molecule has 1 aliphatic carbocycles. The van der Waals surface area contributed by atoms with Crippen molar-refractivity contribution in [3.8, 4) is 5.75 Å². The molecule has 4 nitrogen and oxygen atoms in total. The highest BCUT2D eigenvalue weighted by Gasteiger charge is 2.30. The van der Waals surface area contributed by atoms with Crippen molar-refractivity contribution < 1.29 is 14.6 Å². The van der Waals surface area contributed by atoms with Crippen LogP contribution in [0.15, 0.2) is 48.5 Å². The lowest BCUT2D eigenvalue weighted by atomic mass is 10.0. The third-order valence-electron chi connectivity index (χ3n) is 4.89. The summed E-state index contributed by atoms with van der Waals surface area (Å²) in [7, 11) is 0. The summed E-state index contributed by atoms with van der Waals surface area (Å²) >= 11 is 0. The highest BCUT2D eigenvalue weighted by atomic mass is 16.6. The van der Waals surface area contributed by atoms with Gasteiger partial charge in [0.15, 0.2) is 0 Å². The van der Waals surface area contributed by atoms with Crippen LogP contribution < -0.4 is 0 Å². The third kappa shape index (κ3) is 5.25. The molecular weight excluding hydrogens is 338 g/mol. The van der Waals surface area contributed by atoms with E-state index in [1.807, 2.05) is 68.1 Å². The molecule has 0 bridgehead atoms. The Hall–Kier alpha value is -2.49. The number of phenolic OH excluding ortho intramolecular Hbond substituents is 1. The monoisotopic (exact) mass is 367 g/mol. The third-order valence-corrected chi connectivity index (χ3v) is 4.89. The molecule has 0 aromatic heterocycles. The number of phenols is 1. The zero-order valence-corrected chi connectivity index (χ0v) is 16.4. The molecule has 2 aromatic carbocycles. The van der Waals surface area contributed by atoms with Crippen LogP contribution in [0.25, 0.3) is 0 Å². The van der Waals surface area contributed by atoms with Crippen LogP contribution in [0.4, 0.5) is 4.79 Å². The number of hydrogen-bond donors (Lipinski definition) is 1. The summed E-state index contributed by atoms with van der Waals surface area (Å²) in [5.74, 6) is 0.306. The van der Waals surface area contributed by atoms with Gasteiger partial charge in [-0.05, 0) is 75.3 Å². The van der Waals surface area contributed by atoms with Crippen molar-refractivity contribution in [2.45, 2.75) is 64.6 Å². The van der Waals surface area contributed by atoms with E-state index in [0.29, 0.717) is 12.3 Å². The van der Waals surface area contributed by atoms with Gasteiger partial charge in [-0.3, -0.25) is 0 Å². The van der Waals surface area contributed by atoms with E-state index < -0.39 is 5.60 Å². The molecule has 1 N–H and O–H groups in total. The molecule has 0 spiro atoms. The van der Waals surface area contributed by atoms with Crippen molar-refractivity contribution in [3.05, 3.63) is 65.2 Å². The maximum atomic E-state index is 13.0. The minimum Gasteiger partial charge on any atom is -0.508 e.